The minimum absolute atomic E-state index is 0.413. The van der Waals surface area contributed by atoms with Crippen LogP contribution in [0.5, 0.6) is 5.75 Å². The van der Waals surface area contributed by atoms with Crippen molar-refractivity contribution >= 4 is 57.2 Å². The predicted molar refractivity (Wildman–Crippen MR) is 204 cm³/mol. The van der Waals surface area contributed by atoms with Crippen molar-refractivity contribution < 1.29 is 9.30 Å². The van der Waals surface area contributed by atoms with E-state index in [-0.39, 0.29) is 0 Å². The van der Waals surface area contributed by atoms with Crippen molar-refractivity contribution in [3.63, 3.8) is 0 Å². The van der Waals surface area contributed by atoms with Crippen LogP contribution in [0.1, 0.15) is 31.0 Å². The van der Waals surface area contributed by atoms with E-state index in [1.165, 1.54) is 37.2 Å². The zero-order chi connectivity index (χ0) is 34.7. The first-order valence-electron chi connectivity index (χ1n) is 17.0. The summed E-state index contributed by atoms with van der Waals surface area (Å²) in [6.45, 7) is 14.3. The van der Waals surface area contributed by atoms with Gasteiger partial charge in [-0.2, -0.15) is 4.98 Å². The van der Waals surface area contributed by atoms with Gasteiger partial charge in [-0.25, -0.2) is 9.97 Å². The molecule has 0 aliphatic carbocycles. The number of anilines is 5. The Morgan fingerprint density at radius 1 is 0.959 bits per heavy atom. The van der Waals surface area contributed by atoms with Crippen LogP contribution in [0.4, 0.5) is 28.8 Å². The fourth-order valence-corrected chi connectivity index (χ4v) is 8.18. The van der Waals surface area contributed by atoms with E-state index >= 15 is 0 Å². The predicted octanol–water partition coefficient (Wildman–Crippen LogP) is 6.53. The zero-order valence-electron chi connectivity index (χ0n) is 29.3. The van der Waals surface area contributed by atoms with E-state index in [2.05, 4.69) is 82.3 Å². The summed E-state index contributed by atoms with van der Waals surface area (Å²) < 4.78 is 20.1. The summed E-state index contributed by atoms with van der Waals surface area (Å²) in [6.07, 6.45) is 8.38. The molecule has 0 saturated carbocycles. The Kier molecular flexibility index (Phi) is 10.9. The van der Waals surface area contributed by atoms with Crippen molar-refractivity contribution in [1.29, 1.82) is 0 Å². The van der Waals surface area contributed by atoms with Crippen molar-refractivity contribution in [3.05, 3.63) is 64.7 Å². The fraction of sp³-hybridized carbons (Fsp3) is 0.444. The Morgan fingerprint density at radius 2 is 1.71 bits per heavy atom. The fourth-order valence-electron chi connectivity index (χ4n) is 6.72. The van der Waals surface area contributed by atoms with E-state index in [1.54, 1.807) is 39.0 Å². The summed E-state index contributed by atoms with van der Waals surface area (Å²) in [7, 11) is 1.22. The lowest BCUT2D eigenvalue weighted by atomic mass is 9.99. The molecule has 2 aromatic heterocycles. The Morgan fingerprint density at radius 3 is 2.39 bits per heavy atom. The molecule has 0 bridgehead atoms. The maximum atomic E-state index is 13.5. The minimum atomic E-state index is -2.69. The van der Waals surface area contributed by atoms with Gasteiger partial charge in [0.2, 0.25) is 5.95 Å². The maximum absolute atomic E-state index is 13.5. The highest BCUT2D eigenvalue weighted by Gasteiger charge is 2.28. The molecule has 11 nitrogen and oxygen atoms in total. The number of hydrogen-bond acceptors (Lipinski definition) is 11. The second-order valence-corrected chi connectivity index (χ2v) is 17.4. The van der Waals surface area contributed by atoms with Crippen LogP contribution in [-0.2, 0) is 11.0 Å². The van der Waals surface area contributed by atoms with Gasteiger partial charge in [-0.05, 0) is 86.3 Å². The van der Waals surface area contributed by atoms with Crippen LogP contribution in [0.2, 0.25) is 0 Å². The van der Waals surface area contributed by atoms with Gasteiger partial charge in [0, 0.05) is 80.3 Å². The van der Waals surface area contributed by atoms with Gasteiger partial charge < -0.3 is 29.7 Å². The van der Waals surface area contributed by atoms with E-state index in [1.807, 2.05) is 25.1 Å². The van der Waals surface area contributed by atoms with Crippen molar-refractivity contribution in [3.8, 4) is 17.0 Å². The summed E-state index contributed by atoms with van der Waals surface area (Å²) in [5, 5.41) is 7.51. The van der Waals surface area contributed by atoms with Gasteiger partial charge in [0.15, 0.2) is 0 Å². The molecule has 0 radical (unpaired) electrons. The molecule has 0 atom stereocenters. The van der Waals surface area contributed by atoms with Crippen LogP contribution in [-0.4, -0.2) is 103 Å². The van der Waals surface area contributed by atoms with Crippen molar-refractivity contribution in [2.45, 2.75) is 39.2 Å². The van der Waals surface area contributed by atoms with Crippen LogP contribution in [0.15, 0.2) is 53.4 Å². The number of methoxy groups -OCH3 is 1. The van der Waals surface area contributed by atoms with E-state index in [0.29, 0.717) is 33.3 Å². The molecule has 13 heteroatoms. The molecule has 2 aliphatic heterocycles. The molecule has 0 unspecified atom stereocenters. The van der Waals surface area contributed by atoms with Crippen LogP contribution in [0.25, 0.3) is 11.3 Å². The Balaban J connectivity index is 1.21. The number of piperazine rings is 1. The number of rotatable bonds is 10. The van der Waals surface area contributed by atoms with E-state index < -0.39 is 7.14 Å². The number of likely N-dealkylation sites (N-methyl/N-ethyl adjacent to an activating group) is 1. The SMILES string of the molecule is CCc1cc(Nc2ncc(Br)c(Nc3ccc(-c4cncc(C)n4)cc3P(C)(C)=O)n2)c(OC)cc1N1CCC(N2CCN(C)CC2)CC1. The summed E-state index contributed by atoms with van der Waals surface area (Å²) in [5.74, 6) is 1.70. The average Bonchev–Trinajstić information content (AvgIpc) is 3.09. The first kappa shape index (κ1) is 35.3. The summed E-state index contributed by atoms with van der Waals surface area (Å²) in [4.78, 5) is 25.9. The number of nitrogens with one attached hydrogen (secondary N) is 2. The molecule has 49 heavy (non-hydrogen) atoms. The summed E-state index contributed by atoms with van der Waals surface area (Å²) in [5.41, 5.74) is 6.40. The molecule has 2 N–H and O–H groups in total. The van der Waals surface area contributed by atoms with Gasteiger partial charge in [-0.3, -0.25) is 9.88 Å². The molecule has 2 saturated heterocycles. The number of piperidine rings is 1. The van der Waals surface area contributed by atoms with Gasteiger partial charge in [0.25, 0.3) is 0 Å². The summed E-state index contributed by atoms with van der Waals surface area (Å²) >= 11 is 3.61. The standard InChI is InChI=1S/C36H47BrN9O2P/c1-7-25-18-30(33(48-4)20-32(25)46-12-10-27(11-13-46)45-16-14-44(3)15-17-45)42-36-39-22-28(37)35(43-36)41-29-9-8-26(19-34(29)49(5,6)47)31-23-38-21-24(2)40-31/h8-9,18-23,27H,7,10-17H2,1-6H3,(H2,39,41,42,43). The number of nitrogens with zero attached hydrogens (tertiary/aromatic N) is 7. The van der Waals surface area contributed by atoms with E-state index in [4.69, 9.17) is 9.72 Å². The lowest BCUT2D eigenvalue weighted by Crippen LogP contribution is -2.52. The quantitative estimate of drug-likeness (QED) is 0.173. The Bertz CT molecular complexity index is 1840. The van der Waals surface area contributed by atoms with E-state index in [0.717, 1.165) is 61.0 Å². The molecule has 4 heterocycles. The molecule has 0 amide bonds. The highest BCUT2D eigenvalue weighted by molar-refractivity contribution is 9.10. The Labute approximate surface area is 298 Å². The second kappa shape index (κ2) is 15.1. The molecule has 2 aromatic carbocycles. The third-order valence-corrected chi connectivity index (χ3v) is 11.6. The molecule has 0 spiro atoms. The number of ether oxygens (including phenoxy) is 1. The molecule has 2 fully saturated rings. The first-order chi connectivity index (χ1) is 23.5. The smallest absolute Gasteiger partial charge is 0.229 e. The molecule has 2 aliphatic rings. The van der Waals surface area contributed by atoms with Gasteiger partial charge >= 0.3 is 0 Å². The van der Waals surface area contributed by atoms with Gasteiger partial charge in [-0.15, -0.1) is 0 Å². The number of aryl methyl sites for hydroxylation is 2. The van der Waals surface area contributed by atoms with Crippen molar-refractivity contribution in [2.75, 3.05) is 82.3 Å². The average molecular weight is 749 g/mol. The van der Waals surface area contributed by atoms with Gasteiger partial charge in [0.05, 0.1) is 40.5 Å². The Hall–Kier alpha value is -3.57. The van der Waals surface area contributed by atoms with Crippen LogP contribution < -0.4 is 25.6 Å². The minimum Gasteiger partial charge on any atom is -0.494 e. The summed E-state index contributed by atoms with van der Waals surface area (Å²) in [6, 6.07) is 10.8. The molecule has 4 aromatic rings. The maximum Gasteiger partial charge on any atom is 0.229 e. The highest BCUT2D eigenvalue weighted by Crippen LogP contribution is 2.41. The monoisotopic (exact) mass is 747 g/mol. The third-order valence-electron chi connectivity index (χ3n) is 9.51. The molecule has 6 rings (SSSR count). The molecular weight excluding hydrogens is 701 g/mol. The lowest BCUT2D eigenvalue weighted by molar-refractivity contribution is 0.0982. The number of benzene rings is 2. The van der Waals surface area contributed by atoms with Gasteiger partial charge in [0.1, 0.15) is 18.7 Å². The normalized spacial score (nSPS) is 16.5. The second-order valence-electron chi connectivity index (χ2n) is 13.4. The third kappa shape index (κ3) is 8.26. The highest BCUT2D eigenvalue weighted by atomic mass is 79.9. The van der Waals surface area contributed by atoms with Crippen molar-refractivity contribution in [2.24, 2.45) is 0 Å². The zero-order valence-corrected chi connectivity index (χ0v) is 31.8. The van der Waals surface area contributed by atoms with Crippen LogP contribution in [0.3, 0.4) is 0 Å². The van der Waals surface area contributed by atoms with Crippen LogP contribution >= 0.6 is 23.1 Å². The molecule has 260 valence electrons. The lowest BCUT2D eigenvalue weighted by Gasteiger charge is -2.43. The first-order valence-corrected chi connectivity index (χ1v) is 20.4. The number of aromatic nitrogens is 4. The molecular formula is C36H47BrN9O2P. The van der Waals surface area contributed by atoms with E-state index in [9.17, 15) is 4.57 Å². The topological polar surface area (TPSA) is 112 Å². The number of halogens is 1. The van der Waals surface area contributed by atoms with Crippen molar-refractivity contribution in [1.82, 2.24) is 29.7 Å². The van der Waals surface area contributed by atoms with Gasteiger partial charge in [-0.1, -0.05) is 13.0 Å². The van der Waals surface area contributed by atoms with Crippen LogP contribution in [0, 0.1) is 6.92 Å². The number of hydrogen-bond donors (Lipinski definition) is 2. The largest absolute Gasteiger partial charge is 0.494 e.